The highest BCUT2D eigenvalue weighted by Crippen LogP contribution is 2.49. The minimum Gasteiger partial charge on any atom is -0.540 e. The van der Waals surface area contributed by atoms with E-state index >= 15 is 0 Å². The maximum absolute atomic E-state index is 13.7. The van der Waals surface area contributed by atoms with Gasteiger partial charge in [0.1, 0.15) is 17.2 Å². The van der Waals surface area contributed by atoms with Crippen LogP contribution in [0.5, 0.6) is 0 Å². The van der Waals surface area contributed by atoms with Gasteiger partial charge >= 0.3 is 6.75 Å². The molecule has 4 fully saturated rings. The predicted octanol–water partition coefficient (Wildman–Crippen LogP) is 5.46. The van der Waals surface area contributed by atoms with Crippen LogP contribution >= 0.6 is 11.6 Å². The molecule has 13 heteroatoms. The van der Waals surface area contributed by atoms with E-state index in [9.17, 15) is 17.6 Å². The fraction of sp³-hybridized carbons (Fsp3) is 0.323. The Morgan fingerprint density at radius 1 is 1.05 bits per heavy atom. The van der Waals surface area contributed by atoms with Crippen molar-refractivity contribution in [3.8, 4) is 11.3 Å². The van der Waals surface area contributed by atoms with E-state index in [1.807, 2.05) is 13.0 Å². The lowest BCUT2D eigenvalue weighted by Gasteiger charge is -2.58. The summed E-state index contributed by atoms with van der Waals surface area (Å²) in [7, 11) is -2.38. The topological polar surface area (TPSA) is 107 Å². The van der Waals surface area contributed by atoms with Gasteiger partial charge in [-0.25, -0.2) is 17.1 Å². The van der Waals surface area contributed by atoms with Crippen molar-refractivity contribution in [3.05, 3.63) is 76.6 Å². The zero-order valence-electron chi connectivity index (χ0n) is 24.4. The number of nitrogens with one attached hydrogen (secondary N) is 1. The number of hydrogen-bond donors (Lipinski definition) is 1. The molecule has 230 valence electrons. The number of rotatable bonds is 7. The fourth-order valence-corrected chi connectivity index (χ4v) is 7.43. The van der Waals surface area contributed by atoms with E-state index in [-0.39, 0.29) is 28.0 Å². The van der Waals surface area contributed by atoms with Crippen molar-refractivity contribution in [3.63, 3.8) is 0 Å². The third kappa shape index (κ3) is 4.89. The van der Waals surface area contributed by atoms with Crippen LogP contribution in [-0.4, -0.2) is 54.2 Å². The first-order chi connectivity index (χ1) is 20.9. The molecule has 4 heterocycles. The van der Waals surface area contributed by atoms with Gasteiger partial charge in [0.05, 0.1) is 23.2 Å². The highest BCUT2D eigenvalue weighted by Gasteiger charge is 2.47. The molecule has 1 saturated carbocycles. The van der Waals surface area contributed by atoms with Gasteiger partial charge in [0.2, 0.25) is 10.0 Å². The minimum atomic E-state index is -3.90. The molecule has 0 spiro atoms. The molecule has 9 nitrogen and oxygen atoms in total. The summed E-state index contributed by atoms with van der Waals surface area (Å²) in [6.45, 7) is 1.16. The molecule has 4 aromatic rings. The van der Waals surface area contributed by atoms with Gasteiger partial charge in [-0.3, -0.25) is 4.79 Å². The normalized spacial score (nSPS) is 23.2. The molecule has 1 N–H and O–H groups in total. The number of benzene rings is 3. The molecule has 0 radical (unpaired) electrons. The number of carbonyl (C=O) groups excluding carboxylic acids is 1. The van der Waals surface area contributed by atoms with Crippen molar-refractivity contribution in [1.29, 1.82) is 0 Å². The van der Waals surface area contributed by atoms with Crippen LogP contribution in [0.1, 0.15) is 41.6 Å². The SMILES string of the molecule is CNC(=O)c1c(-c2ccc(F)cc2)oc2cc(N(c3ccc([B-]45OCC(C)(CO4)CO5)c(Cl)c3)S(C)(=O)=O)c(C3CC3)cc12. The monoisotopic (exact) mass is 639 g/mol. The first-order valence-electron chi connectivity index (χ1n) is 14.4. The molecule has 4 aliphatic rings. The zero-order chi connectivity index (χ0) is 31.0. The lowest BCUT2D eigenvalue weighted by Crippen LogP contribution is -2.69. The van der Waals surface area contributed by atoms with Crippen LogP contribution < -0.4 is 15.1 Å². The Hall–Kier alpha value is -3.42. The van der Waals surface area contributed by atoms with Crippen molar-refractivity contribution < 1.29 is 36.0 Å². The predicted molar refractivity (Wildman–Crippen MR) is 167 cm³/mol. The Kier molecular flexibility index (Phi) is 6.87. The van der Waals surface area contributed by atoms with E-state index in [0.29, 0.717) is 58.8 Å². The highest BCUT2D eigenvalue weighted by atomic mass is 35.5. The molecular formula is C31H30BClFN2O7S-. The number of nitrogens with zero attached hydrogens (tertiary/aromatic N) is 1. The Balaban J connectivity index is 1.38. The van der Waals surface area contributed by atoms with Gasteiger partial charge in [-0.15, -0.1) is 5.46 Å². The number of sulfonamides is 1. The molecule has 1 aliphatic carbocycles. The average molecular weight is 640 g/mol. The third-order valence-electron chi connectivity index (χ3n) is 8.52. The summed E-state index contributed by atoms with van der Waals surface area (Å²) in [6, 6.07) is 14.0. The number of anilines is 2. The first kappa shape index (κ1) is 29.3. The average Bonchev–Trinajstić information content (AvgIpc) is 3.77. The van der Waals surface area contributed by atoms with Crippen LogP contribution in [0.15, 0.2) is 59.0 Å². The van der Waals surface area contributed by atoms with Gasteiger partial charge in [0, 0.05) is 54.3 Å². The third-order valence-corrected chi connectivity index (χ3v) is 9.92. The Morgan fingerprint density at radius 3 is 2.27 bits per heavy atom. The molecule has 44 heavy (non-hydrogen) atoms. The number of fused-ring (bicyclic) bond motifs is 4. The Labute approximate surface area is 259 Å². The summed E-state index contributed by atoms with van der Waals surface area (Å²) in [4.78, 5) is 13.1. The number of halogens is 2. The summed E-state index contributed by atoms with van der Waals surface area (Å²) in [5.41, 5.74) is 2.86. The second-order valence-corrected chi connectivity index (χ2v) is 14.4. The fourth-order valence-electron chi connectivity index (χ4n) is 6.11. The van der Waals surface area contributed by atoms with Crippen molar-refractivity contribution in [2.75, 3.05) is 37.4 Å². The minimum absolute atomic E-state index is 0.0892. The van der Waals surface area contributed by atoms with Gasteiger partial charge in [-0.05, 0) is 66.8 Å². The van der Waals surface area contributed by atoms with Crippen LogP contribution in [-0.2, 0) is 24.0 Å². The molecule has 0 unspecified atom stereocenters. The lowest BCUT2D eigenvalue weighted by atomic mass is 9.64. The van der Waals surface area contributed by atoms with Gasteiger partial charge in [-0.2, -0.15) is 0 Å². The molecule has 3 aliphatic heterocycles. The highest BCUT2D eigenvalue weighted by molar-refractivity contribution is 7.92. The summed E-state index contributed by atoms with van der Waals surface area (Å²) in [5.74, 6) is -0.451. The molecule has 3 saturated heterocycles. The van der Waals surface area contributed by atoms with Crippen LogP contribution in [0.25, 0.3) is 22.3 Å². The summed E-state index contributed by atoms with van der Waals surface area (Å²) < 4.78 is 66.2. The van der Waals surface area contributed by atoms with Crippen molar-refractivity contribution >= 4 is 62.1 Å². The second kappa shape index (κ2) is 10.3. The maximum Gasteiger partial charge on any atom is 0.411 e. The molecule has 2 bridgehead atoms. The molecule has 8 rings (SSSR count). The van der Waals surface area contributed by atoms with Crippen LogP contribution in [0, 0.1) is 11.2 Å². The van der Waals surface area contributed by atoms with Gasteiger partial charge in [0.15, 0.2) is 0 Å². The molecular weight excluding hydrogens is 610 g/mol. The van der Waals surface area contributed by atoms with E-state index < -0.39 is 22.6 Å². The Morgan fingerprint density at radius 2 is 1.70 bits per heavy atom. The largest absolute Gasteiger partial charge is 0.540 e. The quantitative estimate of drug-likeness (QED) is 0.268. The van der Waals surface area contributed by atoms with Crippen LogP contribution in [0.2, 0.25) is 5.02 Å². The second-order valence-electron chi connectivity index (χ2n) is 12.2. The van der Waals surface area contributed by atoms with Gasteiger partial charge in [-0.1, -0.05) is 24.6 Å². The van der Waals surface area contributed by atoms with Crippen LogP contribution in [0.3, 0.4) is 0 Å². The molecule has 3 aromatic carbocycles. The van der Waals surface area contributed by atoms with E-state index in [0.717, 1.165) is 24.7 Å². The lowest BCUT2D eigenvalue weighted by molar-refractivity contribution is -0.119. The van der Waals surface area contributed by atoms with E-state index in [1.165, 1.54) is 35.6 Å². The van der Waals surface area contributed by atoms with E-state index in [1.54, 1.807) is 24.3 Å². The standard InChI is InChI=1S/C31H30BClFN2O7S/c1-31-15-40-32(41-16-31,42-17-31)24-11-10-21(12-25(24)33)36(44(3,38)39)26-14-27-23(13-22(26)18-4-5-18)28(30(37)35-2)29(43-27)19-6-8-20(34)9-7-19/h6-14,18H,4-5,15-17H2,1-3H3,(H,35,37)/q-1. The molecule has 1 aromatic heterocycles. The van der Waals surface area contributed by atoms with Gasteiger partial charge in [0.25, 0.3) is 5.91 Å². The summed E-state index contributed by atoms with van der Waals surface area (Å²) in [6.07, 6.45) is 2.85. The smallest absolute Gasteiger partial charge is 0.411 e. The number of carbonyl (C=O) groups is 1. The van der Waals surface area contributed by atoms with Crippen molar-refractivity contribution in [2.45, 2.75) is 25.7 Å². The van der Waals surface area contributed by atoms with Crippen molar-refractivity contribution in [2.24, 2.45) is 5.41 Å². The Bertz CT molecular complexity index is 1900. The van der Waals surface area contributed by atoms with E-state index in [2.05, 4.69) is 5.32 Å². The molecule has 1 amide bonds. The first-order valence-corrected chi connectivity index (χ1v) is 16.6. The van der Waals surface area contributed by atoms with Crippen molar-refractivity contribution in [1.82, 2.24) is 5.32 Å². The number of hydrogen-bond acceptors (Lipinski definition) is 7. The number of amides is 1. The summed E-state index contributed by atoms with van der Waals surface area (Å²) >= 11 is 6.79. The maximum atomic E-state index is 13.7. The summed E-state index contributed by atoms with van der Waals surface area (Å²) in [5, 5.41) is 3.44. The van der Waals surface area contributed by atoms with Crippen LogP contribution in [0.4, 0.5) is 15.8 Å². The molecule has 0 atom stereocenters. The number of furan rings is 1. The zero-order valence-corrected chi connectivity index (χ0v) is 25.9. The van der Waals surface area contributed by atoms with E-state index in [4.69, 9.17) is 30.0 Å². The van der Waals surface area contributed by atoms with Gasteiger partial charge < -0.3 is 23.7 Å².